The number of nitrogens with zero attached hydrogens (tertiary/aromatic N) is 2. The summed E-state index contributed by atoms with van der Waals surface area (Å²) in [5, 5.41) is 3.57. The number of fused-ring (bicyclic) bond motifs is 1. The van der Waals surface area contributed by atoms with Gasteiger partial charge in [0.05, 0.1) is 0 Å². The molecule has 1 aromatic heterocycles. The van der Waals surface area contributed by atoms with Crippen LogP contribution in [0.3, 0.4) is 0 Å². The maximum atomic E-state index is 5.67. The van der Waals surface area contributed by atoms with E-state index < -0.39 is 0 Å². The lowest BCUT2D eigenvalue weighted by atomic mass is 9.74. The Morgan fingerprint density at radius 3 is 2.63 bits per heavy atom. The van der Waals surface area contributed by atoms with E-state index >= 15 is 0 Å². The highest BCUT2D eigenvalue weighted by molar-refractivity contribution is 5.47. The van der Waals surface area contributed by atoms with Crippen molar-refractivity contribution in [2.24, 2.45) is 0 Å². The van der Waals surface area contributed by atoms with Gasteiger partial charge in [0, 0.05) is 37.8 Å². The van der Waals surface area contributed by atoms with Gasteiger partial charge in [-0.25, -0.2) is 9.97 Å². The van der Waals surface area contributed by atoms with Crippen molar-refractivity contribution in [2.75, 3.05) is 31.9 Å². The molecule has 0 saturated carbocycles. The molecule has 1 saturated heterocycles. The molecule has 0 atom stereocenters. The summed E-state index contributed by atoms with van der Waals surface area (Å²) in [6, 6.07) is 18.5. The van der Waals surface area contributed by atoms with E-state index in [2.05, 4.69) is 34.6 Å². The predicted molar refractivity (Wildman–Crippen MR) is 114 cm³/mol. The fourth-order valence-electron chi connectivity index (χ4n) is 4.18. The van der Waals surface area contributed by atoms with Gasteiger partial charge in [-0.2, -0.15) is 0 Å². The normalized spacial score (nSPS) is 16.9. The van der Waals surface area contributed by atoms with Crippen LogP contribution in [0.5, 0.6) is 11.5 Å². The van der Waals surface area contributed by atoms with E-state index in [4.69, 9.17) is 19.2 Å². The average molecular weight is 403 g/mol. The Morgan fingerprint density at radius 1 is 0.933 bits per heavy atom. The molecule has 0 bridgehead atoms. The fourth-order valence-corrected chi connectivity index (χ4v) is 4.18. The molecule has 1 fully saturated rings. The van der Waals surface area contributed by atoms with Gasteiger partial charge in [-0.3, -0.25) is 0 Å². The zero-order chi connectivity index (χ0) is 20.2. The highest BCUT2D eigenvalue weighted by atomic mass is 16.7. The lowest BCUT2D eigenvalue weighted by Gasteiger charge is -2.38. The first-order valence-electron chi connectivity index (χ1n) is 10.4. The number of anilines is 1. The minimum atomic E-state index is -0.0379. The summed E-state index contributed by atoms with van der Waals surface area (Å²) >= 11 is 0. The molecule has 2 aromatic carbocycles. The second-order valence-electron chi connectivity index (χ2n) is 7.83. The van der Waals surface area contributed by atoms with E-state index in [0.29, 0.717) is 0 Å². The van der Waals surface area contributed by atoms with Gasteiger partial charge in [0.2, 0.25) is 6.79 Å². The monoisotopic (exact) mass is 403 g/mol. The molecular formula is C24H25N3O3. The van der Waals surface area contributed by atoms with Crippen LogP contribution in [0.2, 0.25) is 0 Å². The zero-order valence-electron chi connectivity index (χ0n) is 16.8. The standard InChI is InChI=1S/C24H25N3O3/c1-2-4-18(5-3-1)14-23-25-11-8-22(27-23)26-16-24(9-12-28-13-10-24)19-6-7-20-21(15-19)30-17-29-20/h1-8,11,15H,9-10,12-14,16-17H2,(H,25,26,27). The van der Waals surface area contributed by atoms with Gasteiger partial charge in [0.15, 0.2) is 11.5 Å². The number of ether oxygens (including phenoxy) is 3. The second-order valence-corrected chi connectivity index (χ2v) is 7.83. The van der Waals surface area contributed by atoms with Crippen molar-refractivity contribution in [3.8, 4) is 11.5 Å². The SMILES string of the molecule is c1ccc(Cc2nccc(NCC3(c4ccc5c(c4)OCO5)CCOCC3)n2)cc1. The van der Waals surface area contributed by atoms with Crippen molar-refractivity contribution >= 4 is 5.82 Å². The Balaban J connectivity index is 1.34. The molecule has 0 aliphatic carbocycles. The third-order valence-electron chi connectivity index (χ3n) is 5.95. The first-order chi connectivity index (χ1) is 14.8. The maximum absolute atomic E-state index is 5.67. The zero-order valence-corrected chi connectivity index (χ0v) is 16.8. The lowest BCUT2D eigenvalue weighted by Crippen LogP contribution is -2.40. The summed E-state index contributed by atoms with van der Waals surface area (Å²) in [7, 11) is 0. The van der Waals surface area contributed by atoms with Crippen molar-refractivity contribution in [3.63, 3.8) is 0 Å². The van der Waals surface area contributed by atoms with Gasteiger partial charge in [-0.05, 0) is 42.2 Å². The fraction of sp³-hybridized carbons (Fsp3) is 0.333. The van der Waals surface area contributed by atoms with Crippen molar-refractivity contribution in [1.29, 1.82) is 0 Å². The van der Waals surface area contributed by atoms with Crippen LogP contribution in [0.15, 0.2) is 60.8 Å². The molecule has 2 aliphatic heterocycles. The van der Waals surface area contributed by atoms with Crippen molar-refractivity contribution in [3.05, 3.63) is 77.7 Å². The Labute approximate surface area is 176 Å². The van der Waals surface area contributed by atoms with Gasteiger partial charge in [0.1, 0.15) is 11.6 Å². The van der Waals surface area contributed by atoms with Crippen LogP contribution in [0, 0.1) is 0 Å². The third-order valence-corrected chi connectivity index (χ3v) is 5.95. The highest BCUT2D eigenvalue weighted by Crippen LogP contribution is 2.41. The van der Waals surface area contributed by atoms with Crippen molar-refractivity contribution < 1.29 is 14.2 Å². The van der Waals surface area contributed by atoms with E-state index in [1.807, 2.05) is 36.5 Å². The Kier molecular flexibility index (Phi) is 5.24. The Bertz CT molecular complexity index is 1000. The van der Waals surface area contributed by atoms with E-state index in [1.165, 1.54) is 11.1 Å². The molecule has 6 heteroatoms. The molecule has 2 aliphatic rings. The number of aromatic nitrogens is 2. The Morgan fingerprint density at radius 2 is 1.77 bits per heavy atom. The van der Waals surface area contributed by atoms with Gasteiger partial charge >= 0.3 is 0 Å². The Hall–Kier alpha value is -3.12. The molecule has 154 valence electrons. The van der Waals surface area contributed by atoms with Gasteiger partial charge in [-0.1, -0.05) is 36.4 Å². The number of benzene rings is 2. The smallest absolute Gasteiger partial charge is 0.231 e. The van der Waals surface area contributed by atoms with Crippen LogP contribution in [-0.4, -0.2) is 36.5 Å². The quantitative estimate of drug-likeness (QED) is 0.672. The predicted octanol–water partition coefficient (Wildman–Crippen LogP) is 3.96. The summed E-state index contributed by atoms with van der Waals surface area (Å²) in [5.41, 5.74) is 2.42. The minimum absolute atomic E-state index is 0.0379. The molecule has 0 amide bonds. The minimum Gasteiger partial charge on any atom is -0.454 e. The summed E-state index contributed by atoms with van der Waals surface area (Å²) in [6.45, 7) is 2.56. The van der Waals surface area contributed by atoms with Crippen molar-refractivity contribution in [2.45, 2.75) is 24.7 Å². The summed E-state index contributed by atoms with van der Waals surface area (Å²) in [6.07, 6.45) is 4.44. The van der Waals surface area contributed by atoms with Crippen LogP contribution in [0.4, 0.5) is 5.82 Å². The summed E-state index contributed by atoms with van der Waals surface area (Å²) in [4.78, 5) is 9.18. The molecule has 0 radical (unpaired) electrons. The molecule has 0 unspecified atom stereocenters. The lowest BCUT2D eigenvalue weighted by molar-refractivity contribution is 0.0543. The topological polar surface area (TPSA) is 65.5 Å². The third kappa shape index (κ3) is 3.96. The van der Waals surface area contributed by atoms with Gasteiger partial charge in [-0.15, -0.1) is 0 Å². The first kappa shape index (κ1) is 18.9. The van der Waals surface area contributed by atoms with E-state index in [9.17, 15) is 0 Å². The number of hydrogen-bond acceptors (Lipinski definition) is 6. The first-order valence-corrected chi connectivity index (χ1v) is 10.4. The van der Waals surface area contributed by atoms with Gasteiger partial charge in [0.25, 0.3) is 0 Å². The number of hydrogen-bond donors (Lipinski definition) is 1. The van der Waals surface area contributed by atoms with Gasteiger partial charge < -0.3 is 19.5 Å². The van der Waals surface area contributed by atoms with Crippen LogP contribution >= 0.6 is 0 Å². The largest absolute Gasteiger partial charge is 0.454 e. The van der Waals surface area contributed by atoms with Crippen LogP contribution in [-0.2, 0) is 16.6 Å². The van der Waals surface area contributed by atoms with Crippen LogP contribution in [0.25, 0.3) is 0 Å². The van der Waals surface area contributed by atoms with Crippen LogP contribution in [0.1, 0.15) is 29.8 Å². The summed E-state index contributed by atoms with van der Waals surface area (Å²) in [5.74, 6) is 3.30. The molecule has 3 heterocycles. The maximum Gasteiger partial charge on any atom is 0.231 e. The molecule has 1 N–H and O–H groups in total. The average Bonchev–Trinajstić information content (AvgIpc) is 3.27. The second kappa shape index (κ2) is 8.32. The van der Waals surface area contributed by atoms with E-state index in [0.717, 1.165) is 62.2 Å². The summed E-state index contributed by atoms with van der Waals surface area (Å²) < 4.78 is 16.8. The number of rotatable bonds is 6. The molecule has 5 rings (SSSR count). The number of nitrogens with one attached hydrogen (secondary N) is 1. The molecule has 0 spiro atoms. The van der Waals surface area contributed by atoms with E-state index in [-0.39, 0.29) is 12.2 Å². The molecule has 30 heavy (non-hydrogen) atoms. The highest BCUT2D eigenvalue weighted by Gasteiger charge is 2.35. The molecule has 3 aromatic rings. The molecule has 6 nitrogen and oxygen atoms in total. The van der Waals surface area contributed by atoms with Crippen LogP contribution < -0.4 is 14.8 Å². The molecular weight excluding hydrogens is 378 g/mol. The van der Waals surface area contributed by atoms with Crippen molar-refractivity contribution in [1.82, 2.24) is 9.97 Å². The van der Waals surface area contributed by atoms with E-state index in [1.54, 1.807) is 0 Å².